The van der Waals surface area contributed by atoms with E-state index in [0.29, 0.717) is 11.6 Å². The molecule has 5 nitrogen and oxygen atoms in total. The number of imidazole rings is 2. The van der Waals surface area contributed by atoms with Crippen LogP contribution in [0.25, 0.3) is 0 Å². The molecule has 66 valence electrons. The Morgan fingerprint density at radius 2 is 2.31 bits per heavy atom. The fourth-order valence-corrected chi connectivity index (χ4v) is 1.08. The highest BCUT2D eigenvalue weighted by Crippen LogP contribution is 2.01. The highest BCUT2D eigenvalue weighted by atomic mass is 16.1. The third-order valence-corrected chi connectivity index (χ3v) is 1.74. The van der Waals surface area contributed by atoms with Gasteiger partial charge in [-0.2, -0.15) is 0 Å². The van der Waals surface area contributed by atoms with E-state index in [0.717, 1.165) is 0 Å². The van der Waals surface area contributed by atoms with Crippen molar-refractivity contribution in [2.75, 3.05) is 0 Å². The van der Waals surface area contributed by atoms with Gasteiger partial charge in [0.1, 0.15) is 0 Å². The minimum atomic E-state index is -0.197. The van der Waals surface area contributed by atoms with Crippen molar-refractivity contribution >= 4 is 5.78 Å². The van der Waals surface area contributed by atoms with Crippen LogP contribution in [0.5, 0.6) is 0 Å². The van der Waals surface area contributed by atoms with E-state index in [1.807, 2.05) is 0 Å². The monoisotopic (exact) mass is 176 g/mol. The van der Waals surface area contributed by atoms with Crippen molar-refractivity contribution in [1.82, 2.24) is 19.5 Å². The molecule has 0 saturated heterocycles. The normalized spacial score (nSPS) is 10.2. The molecule has 0 atom stereocenters. The maximum absolute atomic E-state index is 11.6. The molecule has 0 aliphatic rings. The zero-order chi connectivity index (χ0) is 9.26. The summed E-state index contributed by atoms with van der Waals surface area (Å²) in [5.74, 6) is 0.502. The van der Waals surface area contributed by atoms with Crippen molar-refractivity contribution in [2.45, 2.75) is 0 Å². The second-order valence-corrected chi connectivity index (χ2v) is 2.63. The first-order valence-corrected chi connectivity index (χ1v) is 3.80. The van der Waals surface area contributed by atoms with Crippen LogP contribution in [-0.2, 0) is 7.05 Å². The standard InChI is InChI=1S/C8H8N4O/c1-12-5-4-11-8(12)6(13)7-9-2-3-10-7/h2-5H,1H3,(H,9,10). The van der Waals surface area contributed by atoms with Gasteiger partial charge in [0.25, 0.3) is 5.78 Å². The van der Waals surface area contributed by atoms with Crippen molar-refractivity contribution < 1.29 is 4.79 Å². The number of aromatic nitrogens is 4. The van der Waals surface area contributed by atoms with Gasteiger partial charge in [-0.3, -0.25) is 4.79 Å². The molecule has 0 bridgehead atoms. The molecule has 1 N–H and O–H groups in total. The molecule has 2 aromatic heterocycles. The third kappa shape index (κ3) is 1.24. The summed E-state index contributed by atoms with van der Waals surface area (Å²) in [6.07, 6.45) is 6.44. The molecular weight excluding hydrogens is 168 g/mol. The van der Waals surface area contributed by atoms with Crippen molar-refractivity contribution in [3.8, 4) is 0 Å². The zero-order valence-electron chi connectivity index (χ0n) is 7.06. The zero-order valence-corrected chi connectivity index (χ0v) is 7.06. The summed E-state index contributed by atoms with van der Waals surface area (Å²) in [5, 5.41) is 0. The third-order valence-electron chi connectivity index (χ3n) is 1.74. The number of nitrogens with one attached hydrogen (secondary N) is 1. The van der Waals surface area contributed by atoms with E-state index >= 15 is 0 Å². The lowest BCUT2D eigenvalue weighted by molar-refractivity contribution is 0.101. The number of aryl methyl sites for hydroxylation is 1. The Kier molecular flexibility index (Phi) is 1.70. The van der Waals surface area contributed by atoms with Crippen molar-refractivity contribution in [1.29, 1.82) is 0 Å². The number of carbonyl (C=O) groups is 1. The topological polar surface area (TPSA) is 63.6 Å². The van der Waals surface area contributed by atoms with Gasteiger partial charge in [0.2, 0.25) is 0 Å². The van der Waals surface area contributed by atoms with E-state index in [-0.39, 0.29) is 5.78 Å². The lowest BCUT2D eigenvalue weighted by Gasteiger charge is -1.96. The summed E-state index contributed by atoms with van der Waals surface area (Å²) >= 11 is 0. The van der Waals surface area contributed by atoms with Crippen LogP contribution in [0.1, 0.15) is 16.4 Å². The van der Waals surface area contributed by atoms with Gasteiger partial charge in [-0.05, 0) is 0 Å². The number of H-pyrrole nitrogens is 1. The first kappa shape index (κ1) is 7.72. The average Bonchev–Trinajstić information content (AvgIpc) is 2.72. The van der Waals surface area contributed by atoms with Crippen LogP contribution in [0.2, 0.25) is 0 Å². The van der Waals surface area contributed by atoms with Crippen LogP contribution in [0.4, 0.5) is 0 Å². The number of hydrogen-bond acceptors (Lipinski definition) is 3. The molecular formula is C8H8N4O. The van der Waals surface area contributed by atoms with E-state index in [4.69, 9.17) is 0 Å². The van der Waals surface area contributed by atoms with Gasteiger partial charge in [-0.15, -0.1) is 0 Å². The molecule has 2 rings (SSSR count). The lowest BCUT2D eigenvalue weighted by Crippen LogP contribution is -2.10. The number of nitrogens with zero attached hydrogens (tertiary/aromatic N) is 3. The van der Waals surface area contributed by atoms with E-state index in [1.54, 1.807) is 30.2 Å². The molecule has 0 aliphatic heterocycles. The Balaban J connectivity index is 2.39. The highest BCUT2D eigenvalue weighted by Gasteiger charge is 2.14. The molecule has 5 heteroatoms. The number of rotatable bonds is 2. The van der Waals surface area contributed by atoms with Gasteiger partial charge in [0, 0.05) is 31.8 Å². The first-order chi connectivity index (χ1) is 6.29. The Morgan fingerprint density at radius 3 is 2.85 bits per heavy atom. The molecule has 0 amide bonds. The lowest BCUT2D eigenvalue weighted by atomic mass is 10.3. The number of ketones is 1. The minimum Gasteiger partial charge on any atom is -0.342 e. The SMILES string of the molecule is Cn1ccnc1C(=O)c1ncc[nH]1. The molecule has 2 heterocycles. The summed E-state index contributed by atoms with van der Waals surface area (Å²) in [6, 6.07) is 0. The van der Waals surface area contributed by atoms with Gasteiger partial charge in [-0.25, -0.2) is 9.97 Å². The van der Waals surface area contributed by atoms with Crippen LogP contribution < -0.4 is 0 Å². The van der Waals surface area contributed by atoms with Crippen molar-refractivity contribution in [3.63, 3.8) is 0 Å². The van der Waals surface area contributed by atoms with Gasteiger partial charge in [0.15, 0.2) is 11.6 Å². The molecule has 0 radical (unpaired) electrons. The Hall–Kier alpha value is -1.91. The number of hydrogen-bond donors (Lipinski definition) is 1. The van der Waals surface area contributed by atoms with Crippen molar-refractivity contribution in [2.24, 2.45) is 7.05 Å². The maximum Gasteiger partial charge on any atom is 0.263 e. The number of aromatic amines is 1. The minimum absolute atomic E-state index is 0.197. The van der Waals surface area contributed by atoms with Gasteiger partial charge in [-0.1, -0.05) is 0 Å². The van der Waals surface area contributed by atoms with Crippen LogP contribution in [0, 0.1) is 0 Å². The quantitative estimate of drug-likeness (QED) is 0.672. The van der Waals surface area contributed by atoms with E-state index in [1.165, 1.54) is 6.20 Å². The molecule has 0 aromatic carbocycles. The Labute approximate surface area is 74.4 Å². The van der Waals surface area contributed by atoms with Gasteiger partial charge < -0.3 is 9.55 Å². The molecule has 13 heavy (non-hydrogen) atoms. The largest absolute Gasteiger partial charge is 0.342 e. The van der Waals surface area contributed by atoms with E-state index < -0.39 is 0 Å². The van der Waals surface area contributed by atoms with Crippen LogP contribution in [0.15, 0.2) is 24.8 Å². The Morgan fingerprint density at radius 1 is 1.46 bits per heavy atom. The predicted octanol–water partition coefficient (Wildman–Crippen LogP) is 0.374. The Bertz CT molecular complexity index is 415. The first-order valence-electron chi connectivity index (χ1n) is 3.80. The van der Waals surface area contributed by atoms with E-state index in [9.17, 15) is 4.79 Å². The average molecular weight is 176 g/mol. The van der Waals surface area contributed by atoms with Crippen LogP contribution in [0.3, 0.4) is 0 Å². The molecule has 0 saturated carbocycles. The predicted molar refractivity (Wildman–Crippen MR) is 45.2 cm³/mol. The van der Waals surface area contributed by atoms with Crippen molar-refractivity contribution in [3.05, 3.63) is 36.4 Å². The molecule has 0 spiro atoms. The fraction of sp³-hybridized carbons (Fsp3) is 0.125. The summed E-state index contributed by atoms with van der Waals surface area (Å²) in [6.45, 7) is 0. The summed E-state index contributed by atoms with van der Waals surface area (Å²) in [7, 11) is 1.77. The second kappa shape index (κ2) is 2.85. The van der Waals surface area contributed by atoms with Gasteiger partial charge in [0.05, 0.1) is 0 Å². The summed E-state index contributed by atoms with van der Waals surface area (Å²) < 4.78 is 1.66. The smallest absolute Gasteiger partial charge is 0.263 e. The number of carbonyl (C=O) groups excluding carboxylic acids is 1. The van der Waals surface area contributed by atoms with Crippen LogP contribution in [-0.4, -0.2) is 25.3 Å². The van der Waals surface area contributed by atoms with Crippen LogP contribution >= 0.6 is 0 Å². The molecule has 2 aromatic rings. The molecule has 0 fully saturated rings. The second-order valence-electron chi connectivity index (χ2n) is 2.63. The molecule has 0 aliphatic carbocycles. The molecule has 0 unspecified atom stereocenters. The van der Waals surface area contributed by atoms with Gasteiger partial charge >= 0.3 is 0 Å². The summed E-state index contributed by atoms with van der Waals surface area (Å²) in [4.78, 5) is 22.1. The maximum atomic E-state index is 11.6. The highest BCUT2D eigenvalue weighted by molar-refractivity contribution is 6.03. The fourth-order valence-electron chi connectivity index (χ4n) is 1.08. The van der Waals surface area contributed by atoms with E-state index in [2.05, 4.69) is 15.0 Å². The summed E-state index contributed by atoms with van der Waals surface area (Å²) in [5.41, 5.74) is 0.